The fourth-order valence-electron chi connectivity index (χ4n) is 4.63. The van der Waals surface area contributed by atoms with Gasteiger partial charge in [-0.25, -0.2) is 4.98 Å². The molecule has 1 amide bonds. The van der Waals surface area contributed by atoms with Gasteiger partial charge in [0.15, 0.2) is 0 Å². The van der Waals surface area contributed by atoms with Crippen LogP contribution in [0.4, 0.5) is 5.69 Å². The fraction of sp³-hybridized carbons (Fsp3) is 0.524. The molecule has 1 N–H and O–H groups in total. The molecule has 142 valence electrons. The lowest BCUT2D eigenvalue weighted by molar-refractivity contribution is -0.113. The molecule has 5 nitrogen and oxygen atoms in total. The van der Waals surface area contributed by atoms with E-state index in [0.29, 0.717) is 11.1 Å². The highest BCUT2D eigenvalue weighted by molar-refractivity contribution is 7.99. The number of aryl methyl sites for hydroxylation is 1. The SMILES string of the molecule is Cc1cccc(NC(=O)CSc2nnc3c(n2)[C@]2(C)CC[C@@H]3C2(C)C)c1C. The third kappa shape index (κ3) is 2.76. The molecule has 2 aliphatic carbocycles. The van der Waals surface area contributed by atoms with Crippen molar-refractivity contribution in [1.82, 2.24) is 15.2 Å². The van der Waals surface area contributed by atoms with Gasteiger partial charge in [0.2, 0.25) is 11.1 Å². The Kier molecular flexibility index (Phi) is 4.29. The number of carbonyl (C=O) groups is 1. The van der Waals surface area contributed by atoms with Crippen LogP contribution < -0.4 is 5.32 Å². The summed E-state index contributed by atoms with van der Waals surface area (Å²) < 4.78 is 0. The highest BCUT2D eigenvalue weighted by atomic mass is 32.2. The van der Waals surface area contributed by atoms with Gasteiger partial charge in [0.1, 0.15) is 0 Å². The molecule has 1 saturated carbocycles. The van der Waals surface area contributed by atoms with Gasteiger partial charge < -0.3 is 5.32 Å². The van der Waals surface area contributed by atoms with Crippen LogP contribution in [0, 0.1) is 19.3 Å². The molecule has 1 fully saturated rings. The molecule has 1 heterocycles. The molecule has 0 unspecified atom stereocenters. The van der Waals surface area contributed by atoms with Gasteiger partial charge in [-0.2, -0.15) is 5.10 Å². The van der Waals surface area contributed by atoms with Crippen LogP contribution in [0.2, 0.25) is 0 Å². The van der Waals surface area contributed by atoms with Crippen molar-refractivity contribution in [3.8, 4) is 0 Å². The smallest absolute Gasteiger partial charge is 0.234 e. The summed E-state index contributed by atoms with van der Waals surface area (Å²) >= 11 is 1.35. The molecule has 0 radical (unpaired) electrons. The molecule has 1 aromatic carbocycles. The number of benzene rings is 1. The molecule has 2 atom stereocenters. The topological polar surface area (TPSA) is 67.8 Å². The molecule has 0 spiro atoms. The first-order chi connectivity index (χ1) is 12.7. The van der Waals surface area contributed by atoms with Crippen molar-refractivity contribution >= 4 is 23.4 Å². The van der Waals surface area contributed by atoms with Gasteiger partial charge in [0, 0.05) is 17.0 Å². The van der Waals surface area contributed by atoms with E-state index in [-0.39, 0.29) is 22.5 Å². The number of hydrogen-bond acceptors (Lipinski definition) is 5. The summed E-state index contributed by atoms with van der Waals surface area (Å²) in [6.07, 6.45) is 2.31. The van der Waals surface area contributed by atoms with Crippen LogP contribution in [0.3, 0.4) is 0 Å². The van der Waals surface area contributed by atoms with E-state index in [9.17, 15) is 4.79 Å². The molecular formula is C21H26N4OS. The van der Waals surface area contributed by atoms with Gasteiger partial charge >= 0.3 is 0 Å². The van der Waals surface area contributed by atoms with Crippen molar-refractivity contribution in [2.24, 2.45) is 5.41 Å². The van der Waals surface area contributed by atoms with Gasteiger partial charge in [-0.1, -0.05) is 44.7 Å². The highest BCUT2D eigenvalue weighted by Gasteiger charge is 2.61. The van der Waals surface area contributed by atoms with Crippen molar-refractivity contribution in [2.45, 2.75) is 63.9 Å². The maximum absolute atomic E-state index is 12.4. The quantitative estimate of drug-likeness (QED) is 0.794. The van der Waals surface area contributed by atoms with E-state index in [1.165, 1.54) is 11.8 Å². The number of hydrogen-bond donors (Lipinski definition) is 1. The van der Waals surface area contributed by atoms with Crippen LogP contribution in [0.5, 0.6) is 0 Å². The van der Waals surface area contributed by atoms with Gasteiger partial charge in [0.25, 0.3) is 0 Å². The number of amides is 1. The molecule has 0 aliphatic heterocycles. The monoisotopic (exact) mass is 382 g/mol. The Morgan fingerprint density at radius 3 is 2.81 bits per heavy atom. The lowest BCUT2D eigenvalue weighted by Crippen LogP contribution is -2.32. The molecule has 0 saturated heterocycles. The van der Waals surface area contributed by atoms with Crippen LogP contribution >= 0.6 is 11.8 Å². The Bertz CT molecular complexity index is 926. The van der Waals surface area contributed by atoms with Crippen LogP contribution in [0.15, 0.2) is 23.4 Å². The third-order valence-electron chi connectivity index (χ3n) is 6.98. The maximum atomic E-state index is 12.4. The first-order valence-electron chi connectivity index (χ1n) is 9.48. The summed E-state index contributed by atoms with van der Waals surface area (Å²) in [5.41, 5.74) is 5.50. The molecule has 4 rings (SSSR count). The van der Waals surface area contributed by atoms with Crippen molar-refractivity contribution in [3.05, 3.63) is 40.7 Å². The zero-order chi connectivity index (χ0) is 19.4. The first kappa shape index (κ1) is 18.4. The fourth-order valence-corrected chi connectivity index (χ4v) is 5.21. The Labute approximate surface area is 164 Å². The van der Waals surface area contributed by atoms with Crippen LogP contribution in [-0.4, -0.2) is 26.8 Å². The summed E-state index contributed by atoms with van der Waals surface area (Å²) in [6, 6.07) is 5.92. The highest BCUT2D eigenvalue weighted by Crippen LogP contribution is 2.66. The Morgan fingerprint density at radius 1 is 1.26 bits per heavy atom. The molecule has 2 aromatic rings. The average Bonchev–Trinajstić information content (AvgIpc) is 2.96. The summed E-state index contributed by atoms with van der Waals surface area (Å²) in [7, 11) is 0. The number of rotatable bonds is 4. The van der Waals surface area contributed by atoms with Crippen molar-refractivity contribution in [2.75, 3.05) is 11.1 Å². The Morgan fingerprint density at radius 2 is 2.04 bits per heavy atom. The summed E-state index contributed by atoms with van der Waals surface area (Å²) in [5.74, 6) is 0.673. The third-order valence-corrected chi connectivity index (χ3v) is 7.82. The molecule has 2 bridgehead atoms. The number of nitrogens with zero attached hydrogens (tertiary/aromatic N) is 3. The van der Waals surface area contributed by atoms with Gasteiger partial charge in [-0.15, -0.1) is 5.10 Å². The van der Waals surface area contributed by atoms with E-state index < -0.39 is 0 Å². The lowest BCUT2D eigenvalue weighted by atomic mass is 9.70. The Balaban J connectivity index is 1.46. The van der Waals surface area contributed by atoms with E-state index in [2.05, 4.69) is 36.3 Å². The van der Waals surface area contributed by atoms with Crippen molar-refractivity contribution < 1.29 is 4.79 Å². The molecule has 2 aliphatic rings. The minimum Gasteiger partial charge on any atom is -0.325 e. The summed E-state index contributed by atoms with van der Waals surface area (Å²) in [5, 5.41) is 12.4. The predicted molar refractivity (Wildman–Crippen MR) is 108 cm³/mol. The van der Waals surface area contributed by atoms with E-state index in [0.717, 1.165) is 41.0 Å². The standard InChI is InChI=1S/C21H26N4OS/c1-12-7-6-8-15(13(12)2)22-16(26)11-27-19-23-18-17(24-25-19)14-9-10-21(18,5)20(14,3)4/h6-8,14H,9-11H2,1-5H3,(H,22,26)/t14-,21-/m0/s1. The first-order valence-corrected chi connectivity index (χ1v) is 10.5. The van der Waals surface area contributed by atoms with E-state index in [1.807, 2.05) is 32.0 Å². The van der Waals surface area contributed by atoms with E-state index >= 15 is 0 Å². The second-order valence-electron chi connectivity index (χ2n) is 8.56. The predicted octanol–water partition coefficient (Wildman–Crippen LogP) is 4.39. The van der Waals surface area contributed by atoms with Crippen molar-refractivity contribution in [3.63, 3.8) is 0 Å². The molecule has 1 aromatic heterocycles. The number of carbonyl (C=O) groups excluding carboxylic acids is 1. The largest absolute Gasteiger partial charge is 0.325 e. The number of thioether (sulfide) groups is 1. The maximum Gasteiger partial charge on any atom is 0.234 e. The lowest BCUT2D eigenvalue weighted by Gasteiger charge is -2.33. The minimum atomic E-state index is -0.0501. The zero-order valence-corrected chi connectivity index (χ0v) is 17.4. The summed E-state index contributed by atoms with van der Waals surface area (Å²) in [4.78, 5) is 17.2. The van der Waals surface area contributed by atoms with Gasteiger partial charge in [0.05, 0.1) is 17.1 Å². The van der Waals surface area contributed by atoms with Crippen LogP contribution in [0.1, 0.15) is 62.0 Å². The number of anilines is 1. The zero-order valence-electron chi connectivity index (χ0n) is 16.6. The van der Waals surface area contributed by atoms with E-state index in [4.69, 9.17) is 4.98 Å². The second-order valence-corrected chi connectivity index (χ2v) is 9.50. The Hall–Kier alpha value is -1.95. The van der Waals surface area contributed by atoms with Crippen molar-refractivity contribution in [1.29, 1.82) is 0 Å². The number of fused-ring (bicyclic) bond motifs is 5. The number of aromatic nitrogens is 3. The van der Waals surface area contributed by atoms with E-state index in [1.54, 1.807) is 0 Å². The average molecular weight is 383 g/mol. The molecule has 27 heavy (non-hydrogen) atoms. The minimum absolute atomic E-state index is 0.0501. The van der Waals surface area contributed by atoms with Crippen LogP contribution in [0.25, 0.3) is 0 Å². The van der Waals surface area contributed by atoms with Crippen LogP contribution in [-0.2, 0) is 10.2 Å². The molecular weight excluding hydrogens is 356 g/mol. The normalized spacial score (nSPS) is 24.7. The second kappa shape index (κ2) is 6.30. The van der Waals surface area contributed by atoms with Gasteiger partial charge in [-0.3, -0.25) is 4.79 Å². The summed E-state index contributed by atoms with van der Waals surface area (Å²) in [6.45, 7) is 11.0. The number of nitrogens with one attached hydrogen (secondary N) is 1. The molecule has 6 heteroatoms. The van der Waals surface area contributed by atoms with Gasteiger partial charge in [-0.05, 0) is 49.3 Å².